The van der Waals surface area contributed by atoms with Gasteiger partial charge < -0.3 is 15.0 Å². The van der Waals surface area contributed by atoms with Gasteiger partial charge in [-0.2, -0.15) is 4.98 Å². The van der Waals surface area contributed by atoms with Gasteiger partial charge in [0.15, 0.2) is 0 Å². The zero-order valence-electron chi connectivity index (χ0n) is 12.0. The Morgan fingerprint density at radius 3 is 2.95 bits per heavy atom. The van der Waals surface area contributed by atoms with E-state index < -0.39 is 0 Å². The van der Waals surface area contributed by atoms with Crippen LogP contribution in [0.25, 0.3) is 0 Å². The highest BCUT2D eigenvalue weighted by Crippen LogP contribution is 2.19. The van der Waals surface area contributed by atoms with Gasteiger partial charge in [-0.15, -0.1) is 0 Å². The second-order valence-corrected chi connectivity index (χ2v) is 5.50. The summed E-state index contributed by atoms with van der Waals surface area (Å²) in [5.41, 5.74) is 0. The molecule has 0 radical (unpaired) electrons. The number of hydrogen-bond donors (Lipinski definition) is 1. The lowest BCUT2D eigenvalue weighted by Crippen LogP contribution is -2.26. The first-order chi connectivity index (χ1) is 10.2. The van der Waals surface area contributed by atoms with Crippen LogP contribution in [0.5, 0.6) is 0 Å². The average Bonchev–Trinajstić information content (AvgIpc) is 2.49. The molecule has 1 heterocycles. The number of amides is 1. The summed E-state index contributed by atoms with van der Waals surface area (Å²) in [5, 5.41) is 3.36. The lowest BCUT2D eigenvalue weighted by molar-refractivity contribution is -0.118. The Morgan fingerprint density at radius 1 is 1.48 bits per heavy atom. The van der Waals surface area contributed by atoms with Gasteiger partial charge >= 0.3 is 0 Å². The molecule has 0 fully saturated rings. The summed E-state index contributed by atoms with van der Waals surface area (Å²) >= 11 is 9.08. The molecule has 0 unspecified atom stereocenters. The molecule has 0 spiro atoms. The lowest BCUT2D eigenvalue weighted by atomic mass is 10.3. The number of ether oxygens (including phenoxy) is 1. The van der Waals surface area contributed by atoms with Gasteiger partial charge in [-0.3, -0.25) is 4.79 Å². The zero-order valence-corrected chi connectivity index (χ0v) is 14.4. The Balaban J connectivity index is 2.22. The molecule has 21 heavy (non-hydrogen) atoms. The van der Waals surface area contributed by atoms with Crippen molar-refractivity contribution in [2.24, 2.45) is 0 Å². The zero-order chi connectivity index (χ0) is 15.5. The fourth-order valence-corrected chi connectivity index (χ4v) is 2.15. The van der Waals surface area contributed by atoms with Crippen LogP contribution in [0.1, 0.15) is 19.8 Å². The molecule has 0 aliphatic carbocycles. The third-order valence-electron chi connectivity index (χ3n) is 2.72. The van der Waals surface area contributed by atoms with E-state index in [0.717, 1.165) is 23.7 Å². The molecule has 0 aliphatic heterocycles. The molecule has 6 nitrogen and oxygen atoms in total. The highest BCUT2D eigenvalue weighted by molar-refractivity contribution is 9.10. The fraction of sp³-hybridized carbons (Fsp3) is 0.615. The van der Waals surface area contributed by atoms with Gasteiger partial charge in [0.1, 0.15) is 5.82 Å². The standard InChI is InChI=1S/C13H20BrClN4O2/c1-2-21-8-4-7-19(10-20)6-3-5-16-12-11(14)9-17-13(15)18-12/h9-10H,2-8H2,1H3,(H,16,17,18). The number of nitrogens with one attached hydrogen (secondary N) is 1. The summed E-state index contributed by atoms with van der Waals surface area (Å²) in [4.78, 5) is 20.6. The first-order valence-corrected chi connectivity index (χ1v) is 8.03. The largest absolute Gasteiger partial charge is 0.382 e. The van der Waals surface area contributed by atoms with Crippen molar-refractivity contribution in [1.82, 2.24) is 14.9 Å². The summed E-state index contributed by atoms with van der Waals surface area (Å²) in [6.07, 6.45) is 4.15. The van der Waals surface area contributed by atoms with Crippen LogP contribution in [-0.2, 0) is 9.53 Å². The molecule has 1 amide bonds. The van der Waals surface area contributed by atoms with Crippen LogP contribution < -0.4 is 5.32 Å². The van der Waals surface area contributed by atoms with Crippen molar-refractivity contribution < 1.29 is 9.53 Å². The molecule has 1 N–H and O–H groups in total. The predicted molar refractivity (Wildman–Crippen MR) is 86.6 cm³/mol. The molecular weight excluding hydrogens is 360 g/mol. The normalized spacial score (nSPS) is 10.4. The van der Waals surface area contributed by atoms with E-state index in [-0.39, 0.29) is 5.28 Å². The van der Waals surface area contributed by atoms with Crippen molar-refractivity contribution in [1.29, 1.82) is 0 Å². The van der Waals surface area contributed by atoms with E-state index in [0.29, 0.717) is 38.7 Å². The Kier molecular flexibility index (Phi) is 9.29. The highest BCUT2D eigenvalue weighted by Gasteiger charge is 2.04. The summed E-state index contributed by atoms with van der Waals surface area (Å²) in [7, 11) is 0. The molecule has 0 aromatic carbocycles. The van der Waals surface area contributed by atoms with Crippen molar-refractivity contribution in [2.45, 2.75) is 19.8 Å². The SMILES string of the molecule is CCOCCCN(C=O)CCCNc1nc(Cl)ncc1Br. The molecule has 8 heteroatoms. The summed E-state index contributed by atoms with van der Waals surface area (Å²) in [6.45, 7) is 5.46. The number of carbonyl (C=O) groups is 1. The number of nitrogens with zero attached hydrogens (tertiary/aromatic N) is 3. The highest BCUT2D eigenvalue weighted by atomic mass is 79.9. The Morgan fingerprint density at radius 2 is 2.24 bits per heavy atom. The van der Waals surface area contributed by atoms with Gasteiger partial charge in [0.05, 0.1) is 4.47 Å². The van der Waals surface area contributed by atoms with Gasteiger partial charge in [-0.05, 0) is 47.3 Å². The minimum absolute atomic E-state index is 0.200. The van der Waals surface area contributed by atoms with Gasteiger partial charge in [0.25, 0.3) is 0 Å². The third kappa shape index (κ3) is 7.59. The second kappa shape index (κ2) is 10.8. The average molecular weight is 380 g/mol. The molecule has 118 valence electrons. The van der Waals surface area contributed by atoms with Crippen LogP contribution in [0, 0.1) is 0 Å². The van der Waals surface area contributed by atoms with E-state index in [4.69, 9.17) is 16.3 Å². The molecule has 1 aromatic rings. The monoisotopic (exact) mass is 378 g/mol. The first-order valence-electron chi connectivity index (χ1n) is 6.86. The van der Waals surface area contributed by atoms with Crippen LogP contribution in [0.2, 0.25) is 5.28 Å². The van der Waals surface area contributed by atoms with E-state index in [2.05, 4.69) is 31.2 Å². The molecule has 0 saturated heterocycles. The molecule has 0 saturated carbocycles. The van der Waals surface area contributed by atoms with Gasteiger partial charge in [-0.25, -0.2) is 4.98 Å². The van der Waals surface area contributed by atoms with Crippen molar-refractivity contribution in [3.8, 4) is 0 Å². The van der Waals surface area contributed by atoms with Crippen LogP contribution in [-0.4, -0.2) is 54.1 Å². The van der Waals surface area contributed by atoms with Gasteiger partial charge in [0.2, 0.25) is 11.7 Å². The van der Waals surface area contributed by atoms with Crippen molar-refractivity contribution in [3.05, 3.63) is 16.0 Å². The molecule has 0 bridgehead atoms. The topological polar surface area (TPSA) is 67.3 Å². The molecule has 1 aromatic heterocycles. The smallest absolute Gasteiger partial charge is 0.224 e. The molecule has 0 aliphatic rings. The van der Waals surface area contributed by atoms with Crippen molar-refractivity contribution in [2.75, 3.05) is 38.2 Å². The quantitative estimate of drug-likeness (QED) is 0.364. The van der Waals surface area contributed by atoms with E-state index in [1.807, 2.05) is 6.92 Å². The maximum atomic E-state index is 11.0. The Bertz CT molecular complexity index is 437. The number of rotatable bonds is 11. The van der Waals surface area contributed by atoms with Crippen molar-refractivity contribution in [3.63, 3.8) is 0 Å². The summed E-state index contributed by atoms with van der Waals surface area (Å²) < 4.78 is 6.01. The van der Waals surface area contributed by atoms with Crippen LogP contribution >= 0.6 is 27.5 Å². The maximum Gasteiger partial charge on any atom is 0.224 e. The van der Waals surface area contributed by atoms with E-state index in [1.165, 1.54) is 0 Å². The second-order valence-electron chi connectivity index (χ2n) is 4.31. The van der Waals surface area contributed by atoms with E-state index in [1.54, 1.807) is 11.1 Å². The molecular formula is C13H20BrClN4O2. The number of anilines is 1. The Hall–Kier alpha value is -0.920. The van der Waals surface area contributed by atoms with Gasteiger partial charge in [0, 0.05) is 39.0 Å². The third-order valence-corrected chi connectivity index (χ3v) is 3.48. The lowest BCUT2D eigenvalue weighted by Gasteiger charge is -2.17. The first kappa shape index (κ1) is 18.1. The Labute approximate surface area is 138 Å². The molecule has 0 atom stereocenters. The molecule has 1 rings (SSSR count). The van der Waals surface area contributed by atoms with E-state index >= 15 is 0 Å². The van der Waals surface area contributed by atoms with E-state index in [9.17, 15) is 4.79 Å². The minimum Gasteiger partial charge on any atom is -0.382 e. The number of carbonyl (C=O) groups excluding carboxylic acids is 1. The van der Waals surface area contributed by atoms with Crippen molar-refractivity contribution >= 4 is 39.8 Å². The predicted octanol–water partition coefficient (Wildman–Crippen LogP) is 2.58. The number of aromatic nitrogens is 2. The summed E-state index contributed by atoms with van der Waals surface area (Å²) in [5.74, 6) is 0.656. The van der Waals surface area contributed by atoms with Crippen LogP contribution in [0.3, 0.4) is 0 Å². The minimum atomic E-state index is 0.200. The summed E-state index contributed by atoms with van der Waals surface area (Å²) in [6, 6.07) is 0. The van der Waals surface area contributed by atoms with Crippen LogP contribution in [0.4, 0.5) is 5.82 Å². The fourth-order valence-electron chi connectivity index (χ4n) is 1.69. The number of hydrogen-bond acceptors (Lipinski definition) is 5. The van der Waals surface area contributed by atoms with Gasteiger partial charge in [-0.1, -0.05) is 0 Å². The van der Waals surface area contributed by atoms with Crippen LogP contribution in [0.15, 0.2) is 10.7 Å². The number of halogens is 2. The maximum absolute atomic E-state index is 11.0.